The number of aryl methyl sites for hydroxylation is 1. The van der Waals surface area contributed by atoms with Crippen LogP contribution in [-0.2, 0) is 9.53 Å². The molecule has 1 N–H and O–H groups in total. The molecule has 100 valence electrons. The van der Waals surface area contributed by atoms with E-state index in [2.05, 4.69) is 14.7 Å². The number of nitrogens with one attached hydrogen (secondary N) is 1. The van der Waals surface area contributed by atoms with Gasteiger partial charge in [-0.25, -0.2) is 4.98 Å². The fourth-order valence-corrected chi connectivity index (χ4v) is 2.51. The van der Waals surface area contributed by atoms with Gasteiger partial charge in [-0.2, -0.15) is 0 Å². The van der Waals surface area contributed by atoms with Crippen molar-refractivity contribution in [3.8, 4) is 0 Å². The highest BCUT2D eigenvalue weighted by Crippen LogP contribution is 2.27. The summed E-state index contributed by atoms with van der Waals surface area (Å²) in [5.41, 5.74) is 1.29. The van der Waals surface area contributed by atoms with E-state index in [1.54, 1.807) is 19.9 Å². The maximum absolute atomic E-state index is 12.1. The molecule has 0 fully saturated rings. The van der Waals surface area contributed by atoms with Crippen molar-refractivity contribution in [2.45, 2.75) is 19.8 Å². The van der Waals surface area contributed by atoms with Gasteiger partial charge in [0.15, 0.2) is 0 Å². The van der Waals surface area contributed by atoms with E-state index in [1.165, 1.54) is 13.3 Å². The molecule has 6 heteroatoms. The number of esters is 1. The standard InChI is InChI=1S/C13H13ClN2O3/c1-6-9(7(2)13(18)19-3)12(17)16-8-4-5-15-11(14)10(6)8/h4-5,7H,1-3H3,(H,16,17). The van der Waals surface area contributed by atoms with Gasteiger partial charge in [0.2, 0.25) is 0 Å². The Morgan fingerprint density at radius 2 is 2.21 bits per heavy atom. The lowest BCUT2D eigenvalue weighted by atomic mass is 9.96. The summed E-state index contributed by atoms with van der Waals surface area (Å²) in [6, 6.07) is 1.67. The van der Waals surface area contributed by atoms with Crippen molar-refractivity contribution in [1.82, 2.24) is 9.97 Å². The zero-order valence-electron chi connectivity index (χ0n) is 10.8. The first-order chi connectivity index (χ1) is 8.97. The first-order valence-corrected chi connectivity index (χ1v) is 6.10. The van der Waals surface area contributed by atoms with Crippen molar-refractivity contribution in [1.29, 1.82) is 0 Å². The SMILES string of the molecule is COC(=O)C(C)c1c(C)c2c(Cl)nccc2[nH]c1=O. The Morgan fingerprint density at radius 1 is 1.53 bits per heavy atom. The lowest BCUT2D eigenvalue weighted by Crippen LogP contribution is -2.23. The first-order valence-electron chi connectivity index (χ1n) is 5.72. The molecule has 0 spiro atoms. The molecule has 0 radical (unpaired) electrons. The summed E-state index contributed by atoms with van der Waals surface area (Å²) in [4.78, 5) is 30.4. The number of nitrogens with zero attached hydrogens (tertiary/aromatic N) is 1. The van der Waals surface area contributed by atoms with Crippen molar-refractivity contribution >= 4 is 28.5 Å². The zero-order valence-corrected chi connectivity index (χ0v) is 11.5. The van der Waals surface area contributed by atoms with Crippen LogP contribution in [0.1, 0.15) is 24.0 Å². The Morgan fingerprint density at radius 3 is 2.84 bits per heavy atom. The topological polar surface area (TPSA) is 72.0 Å². The first kappa shape index (κ1) is 13.5. The molecule has 1 atom stereocenters. The monoisotopic (exact) mass is 280 g/mol. The van der Waals surface area contributed by atoms with E-state index in [0.29, 0.717) is 27.2 Å². The van der Waals surface area contributed by atoms with Crippen LogP contribution in [-0.4, -0.2) is 23.0 Å². The fraction of sp³-hybridized carbons (Fsp3) is 0.308. The lowest BCUT2D eigenvalue weighted by molar-refractivity contribution is -0.142. The van der Waals surface area contributed by atoms with Gasteiger partial charge in [-0.1, -0.05) is 11.6 Å². The minimum Gasteiger partial charge on any atom is -0.469 e. The Balaban J connectivity index is 2.79. The number of halogens is 1. The largest absolute Gasteiger partial charge is 0.469 e. The van der Waals surface area contributed by atoms with Crippen LogP contribution in [0.3, 0.4) is 0 Å². The number of methoxy groups -OCH3 is 1. The van der Waals surface area contributed by atoms with Gasteiger partial charge in [-0.05, 0) is 25.5 Å². The van der Waals surface area contributed by atoms with Gasteiger partial charge >= 0.3 is 5.97 Å². The highest BCUT2D eigenvalue weighted by Gasteiger charge is 2.23. The number of rotatable bonds is 2. The molecule has 0 bridgehead atoms. The Labute approximate surface area is 114 Å². The smallest absolute Gasteiger partial charge is 0.313 e. The van der Waals surface area contributed by atoms with Crippen LogP contribution >= 0.6 is 11.6 Å². The molecule has 2 heterocycles. The molecule has 0 saturated carbocycles. The van der Waals surface area contributed by atoms with Gasteiger partial charge in [0.05, 0.1) is 18.5 Å². The molecule has 0 amide bonds. The van der Waals surface area contributed by atoms with Crippen LogP contribution in [0.4, 0.5) is 0 Å². The number of pyridine rings is 2. The number of hydrogen-bond acceptors (Lipinski definition) is 4. The van der Waals surface area contributed by atoms with Crippen LogP contribution in [0.5, 0.6) is 0 Å². The number of fused-ring (bicyclic) bond motifs is 1. The average Bonchev–Trinajstić information content (AvgIpc) is 2.37. The van der Waals surface area contributed by atoms with Crippen molar-refractivity contribution < 1.29 is 9.53 Å². The Hall–Kier alpha value is -1.88. The average molecular weight is 281 g/mol. The minimum absolute atomic E-state index is 0.296. The van der Waals surface area contributed by atoms with Gasteiger partial charge in [-0.3, -0.25) is 9.59 Å². The van der Waals surface area contributed by atoms with Crippen molar-refractivity contribution in [2.75, 3.05) is 7.11 Å². The third-order valence-electron chi connectivity index (χ3n) is 3.16. The minimum atomic E-state index is -0.658. The van der Waals surface area contributed by atoms with E-state index >= 15 is 0 Å². The van der Waals surface area contributed by atoms with Crippen LogP contribution < -0.4 is 5.56 Å². The van der Waals surface area contributed by atoms with Gasteiger partial charge < -0.3 is 9.72 Å². The van der Waals surface area contributed by atoms with E-state index in [4.69, 9.17) is 11.6 Å². The van der Waals surface area contributed by atoms with Crippen LogP contribution in [0.2, 0.25) is 5.15 Å². The summed E-state index contributed by atoms with van der Waals surface area (Å²) >= 11 is 6.06. The van der Waals surface area contributed by atoms with Crippen molar-refractivity contribution in [3.05, 3.63) is 38.9 Å². The Bertz CT molecular complexity index is 709. The molecule has 0 aliphatic heterocycles. The summed E-state index contributed by atoms with van der Waals surface area (Å²) in [5.74, 6) is -1.12. The molecule has 0 aliphatic carbocycles. The Kier molecular flexibility index (Phi) is 3.57. The third kappa shape index (κ3) is 2.21. The van der Waals surface area contributed by atoms with E-state index in [0.717, 1.165) is 0 Å². The predicted octanol–water partition coefficient (Wildman–Crippen LogP) is 2.16. The summed E-state index contributed by atoms with van der Waals surface area (Å²) in [5, 5.41) is 0.944. The maximum Gasteiger partial charge on any atom is 0.313 e. The van der Waals surface area contributed by atoms with E-state index < -0.39 is 11.9 Å². The molecular weight excluding hydrogens is 268 g/mol. The van der Waals surface area contributed by atoms with E-state index in [9.17, 15) is 9.59 Å². The normalized spacial score (nSPS) is 12.4. The van der Waals surface area contributed by atoms with Crippen molar-refractivity contribution in [3.63, 3.8) is 0 Å². The van der Waals surface area contributed by atoms with Crippen LogP contribution in [0.25, 0.3) is 10.9 Å². The molecular formula is C13H13ClN2O3. The molecule has 0 aliphatic rings. The predicted molar refractivity (Wildman–Crippen MR) is 72.5 cm³/mol. The number of aromatic nitrogens is 2. The number of H-pyrrole nitrogens is 1. The number of hydrogen-bond donors (Lipinski definition) is 1. The molecule has 1 unspecified atom stereocenters. The van der Waals surface area contributed by atoms with E-state index in [-0.39, 0.29) is 5.56 Å². The third-order valence-corrected chi connectivity index (χ3v) is 3.45. The molecule has 5 nitrogen and oxygen atoms in total. The van der Waals surface area contributed by atoms with Gasteiger partial charge in [0.1, 0.15) is 5.15 Å². The number of carbonyl (C=O) groups is 1. The molecule has 0 saturated heterocycles. The zero-order chi connectivity index (χ0) is 14.2. The van der Waals surface area contributed by atoms with Gasteiger partial charge in [0, 0.05) is 17.1 Å². The maximum atomic E-state index is 12.1. The second-order valence-corrected chi connectivity index (χ2v) is 4.62. The lowest BCUT2D eigenvalue weighted by Gasteiger charge is -2.13. The quantitative estimate of drug-likeness (QED) is 0.676. The second-order valence-electron chi connectivity index (χ2n) is 4.26. The molecule has 2 aromatic heterocycles. The second kappa shape index (κ2) is 5.01. The summed E-state index contributed by atoms with van der Waals surface area (Å²) in [7, 11) is 1.29. The number of carbonyl (C=O) groups excluding carboxylic acids is 1. The highest BCUT2D eigenvalue weighted by molar-refractivity contribution is 6.34. The molecule has 0 aromatic carbocycles. The van der Waals surface area contributed by atoms with Gasteiger partial charge in [-0.15, -0.1) is 0 Å². The van der Waals surface area contributed by atoms with Crippen LogP contribution in [0.15, 0.2) is 17.1 Å². The number of aromatic amines is 1. The van der Waals surface area contributed by atoms with Crippen molar-refractivity contribution in [2.24, 2.45) is 0 Å². The summed E-state index contributed by atoms with van der Waals surface area (Å²) in [6.45, 7) is 3.37. The molecule has 2 rings (SSSR count). The van der Waals surface area contributed by atoms with Gasteiger partial charge in [0.25, 0.3) is 5.56 Å². The highest BCUT2D eigenvalue weighted by atomic mass is 35.5. The molecule has 2 aromatic rings. The summed E-state index contributed by atoms with van der Waals surface area (Å²) < 4.78 is 4.68. The fourth-order valence-electron chi connectivity index (χ4n) is 2.21. The van der Waals surface area contributed by atoms with E-state index in [1.807, 2.05) is 0 Å². The van der Waals surface area contributed by atoms with Crippen LogP contribution in [0, 0.1) is 6.92 Å². The number of ether oxygens (including phenoxy) is 1. The molecule has 19 heavy (non-hydrogen) atoms. The summed E-state index contributed by atoms with van der Waals surface area (Å²) in [6.07, 6.45) is 1.52.